The van der Waals surface area contributed by atoms with Crippen molar-refractivity contribution in [3.63, 3.8) is 0 Å². The molecule has 1 rings (SSSR count). The number of alkyl halides is 1. The molecule has 0 aromatic heterocycles. The Bertz CT molecular complexity index is 379. The van der Waals surface area contributed by atoms with E-state index in [4.69, 9.17) is 21.1 Å². The van der Waals surface area contributed by atoms with Gasteiger partial charge in [0.25, 0.3) is 0 Å². The summed E-state index contributed by atoms with van der Waals surface area (Å²) in [7, 11) is 0. The van der Waals surface area contributed by atoms with Crippen molar-refractivity contribution >= 4 is 11.6 Å². The van der Waals surface area contributed by atoms with Crippen molar-refractivity contribution in [2.45, 2.75) is 45.4 Å². The third-order valence-corrected chi connectivity index (χ3v) is 3.99. The van der Waals surface area contributed by atoms with Crippen molar-refractivity contribution < 1.29 is 9.47 Å². The molecule has 0 aliphatic carbocycles. The van der Waals surface area contributed by atoms with E-state index in [1.807, 2.05) is 13.8 Å². The first-order valence-corrected chi connectivity index (χ1v) is 8.42. The van der Waals surface area contributed by atoms with Crippen LogP contribution in [0.4, 0.5) is 0 Å². The number of halogens is 1. The molecule has 0 amide bonds. The minimum absolute atomic E-state index is 0.0783. The first-order valence-electron chi connectivity index (χ1n) is 7.88. The van der Waals surface area contributed by atoms with Gasteiger partial charge in [-0.1, -0.05) is 38.1 Å². The maximum Gasteiger partial charge on any atom is 0.0585 e. The molecule has 0 spiro atoms. The zero-order valence-corrected chi connectivity index (χ0v) is 14.6. The molecule has 1 aromatic carbocycles. The Morgan fingerprint density at radius 1 is 1.00 bits per heavy atom. The van der Waals surface area contributed by atoms with E-state index in [0.717, 1.165) is 25.2 Å². The van der Waals surface area contributed by atoms with Crippen molar-refractivity contribution in [1.29, 1.82) is 0 Å². The highest BCUT2D eigenvalue weighted by Crippen LogP contribution is 2.33. The zero-order chi connectivity index (χ0) is 15.7. The lowest BCUT2D eigenvalue weighted by molar-refractivity contribution is 0.0166. The second kappa shape index (κ2) is 9.45. The van der Waals surface area contributed by atoms with Crippen LogP contribution in [-0.2, 0) is 20.8 Å². The van der Waals surface area contributed by atoms with Crippen LogP contribution in [0.2, 0.25) is 0 Å². The molecule has 0 aliphatic heterocycles. The SMILES string of the molecule is CCOCC(COCC)(CC(C)C)c1ccc(CCl)cc1. The number of benzene rings is 1. The topological polar surface area (TPSA) is 18.5 Å². The van der Waals surface area contributed by atoms with Crippen LogP contribution in [0.3, 0.4) is 0 Å². The summed E-state index contributed by atoms with van der Waals surface area (Å²) >= 11 is 5.90. The van der Waals surface area contributed by atoms with Crippen LogP contribution in [0.1, 0.15) is 45.2 Å². The van der Waals surface area contributed by atoms with E-state index in [2.05, 4.69) is 38.1 Å². The van der Waals surface area contributed by atoms with E-state index in [9.17, 15) is 0 Å². The molecular weight excluding hydrogens is 284 g/mol. The second-order valence-electron chi connectivity index (χ2n) is 5.98. The van der Waals surface area contributed by atoms with Crippen molar-refractivity contribution in [1.82, 2.24) is 0 Å². The molecular formula is C18H29ClO2. The summed E-state index contributed by atoms with van der Waals surface area (Å²) in [5, 5.41) is 0. The first kappa shape index (κ1) is 18.5. The van der Waals surface area contributed by atoms with Crippen LogP contribution >= 0.6 is 11.6 Å². The number of hydrogen-bond donors (Lipinski definition) is 0. The largest absolute Gasteiger partial charge is 0.381 e. The number of rotatable bonds is 10. The van der Waals surface area contributed by atoms with Gasteiger partial charge in [-0.15, -0.1) is 11.6 Å². The first-order chi connectivity index (χ1) is 10.1. The van der Waals surface area contributed by atoms with E-state index >= 15 is 0 Å². The zero-order valence-electron chi connectivity index (χ0n) is 13.8. The standard InChI is InChI=1S/C18H29ClO2/c1-5-20-13-18(11-15(3)4,14-21-6-2)17-9-7-16(12-19)8-10-17/h7-10,15H,5-6,11-14H2,1-4H3. The quantitative estimate of drug-likeness (QED) is 0.579. The van der Waals surface area contributed by atoms with Gasteiger partial charge in [0.1, 0.15) is 0 Å². The Balaban J connectivity index is 3.09. The van der Waals surface area contributed by atoms with Gasteiger partial charge in [-0.05, 0) is 37.3 Å². The fourth-order valence-corrected chi connectivity index (χ4v) is 2.95. The van der Waals surface area contributed by atoms with Crippen LogP contribution in [0.25, 0.3) is 0 Å². The van der Waals surface area contributed by atoms with Gasteiger partial charge >= 0.3 is 0 Å². The van der Waals surface area contributed by atoms with Gasteiger partial charge in [-0.25, -0.2) is 0 Å². The van der Waals surface area contributed by atoms with Crippen molar-refractivity contribution in [2.24, 2.45) is 5.92 Å². The summed E-state index contributed by atoms with van der Waals surface area (Å²) in [5.41, 5.74) is 2.35. The molecule has 0 N–H and O–H groups in total. The van der Waals surface area contributed by atoms with E-state index < -0.39 is 0 Å². The Kier molecular flexibility index (Phi) is 8.31. The highest BCUT2D eigenvalue weighted by molar-refractivity contribution is 6.17. The Morgan fingerprint density at radius 2 is 1.52 bits per heavy atom. The summed E-state index contributed by atoms with van der Waals surface area (Å²) < 4.78 is 11.6. The monoisotopic (exact) mass is 312 g/mol. The predicted octanol–water partition coefficient (Wildman–Crippen LogP) is 4.78. The smallest absolute Gasteiger partial charge is 0.0585 e. The molecule has 0 atom stereocenters. The maximum absolute atomic E-state index is 5.90. The van der Waals surface area contributed by atoms with Crippen molar-refractivity contribution in [2.75, 3.05) is 26.4 Å². The lowest BCUT2D eigenvalue weighted by Gasteiger charge is -2.35. The van der Waals surface area contributed by atoms with Gasteiger partial charge in [0, 0.05) is 24.5 Å². The normalized spacial score (nSPS) is 12.1. The van der Waals surface area contributed by atoms with Gasteiger partial charge in [0.2, 0.25) is 0 Å². The molecule has 0 heterocycles. The third-order valence-electron chi connectivity index (χ3n) is 3.68. The van der Waals surface area contributed by atoms with Crippen molar-refractivity contribution in [3.05, 3.63) is 35.4 Å². The van der Waals surface area contributed by atoms with Gasteiger partial charge in [0.05, 0.1) is 13.2 Å². The van der Waals surface area contributed by atoms with Crippen LogP contribution in [0.5, 0.6) is 0 Å². The van der Waals surface area contributed by atoms with E-state index in [1.54, 1.807) is 0 Å². The maximum atomic E-state index is 5.90. The minimum atomic E-state index is -0.0783. The molecule has 0 radical (unpaired) electrons. The van der Waals surface area contributed by atoms with E-state index in [1.165, 1.54) is 5.56 Å². The number of hydrogen-bond acceptors (Lipinski definition) is 2. The number of ether oxygens (including phenoxy) is 2. The summed E-state index contributed by atoms with van der Waals surface area (Å²) in [6.07, 6.45) is 1.05. The molecule has 0 aliphatic rings. The van der Waals surface area contributed by atoms with Crippen LogP contribution in [0.15, 0.2) is 24.3 Å². The van der Waals surface area contributed by atoms with Gasteiger partial charge in [0.15, 0.2) is 0 Å². The molecule has 3 heteroatoms. The highest BCUT2D eigenvalue weighted by Gasteiger charge is 2.33. The lowest BCUT2D eigenvalue weighted by Crippen LogP contribution is -2.38. The van der Waals surface area contributed by atoms with Gasteiger partial charge in [-0.2, -0.15) is 0 Å². The Hall–Kier alpha value is -0.570. The summed E-state index contributed by atoms with van der Waals surface area (Å²) in [5.74, 6) is 1.13. The average molecular weight is 313 g/mol. The molecule has 0 unspecified atom stereocenters. The molecule has 0 bridgehead atoms. The van der Waals surface area contributed by atoms with Crippen LogP contribution < -0.4 is 0 Å². The van der Waals surface area contributed by atoms with E-state index in [0.29, 0.717) is 25.0 Å². The fraction of sp³-hybridized carbons (Fsp3) is 0.667. The van der Waals surface area contributed by atoms with Gasteiger partial charge in [-0.3, -0.25) is 0 Å². The summed E-state index contributed by atoms with van der Waals surface area (Å²) in [6.45, 7) is 11.4. The summed E-state index contributed by atoms with van der Waals surface area (Å²) in [6, 6.07) is 8.57. The van der Waals surface area contributed by atoms with Crippen molar-refractivity contribution in [3.8, 4) is 0 Å². The second-order valence-corrected chi connectivity index (χ2v) is 6.25. The fourth-order valence-electron chi connectivity index (χ4n) is 2.77. The highest BCUT2D eigenvalue weighted by atomic mass is 35.5. The molecule has 1 aromatic rings. The van der Waals surface area contributed by atoms with E-state index in [-0.39, 0.29) is 5.41 Å². The molecule has 120 valence electrons. The average Bonchev–Trinajstić information content (AvgIpc) is 2.49. The molecule has 0 fully saturated rings. The minimum Gasteiger partial charge on any atom is -0.381 e. The van der Waals surface area contributed by atoms with Gasteiger partial charge < -0.3 is 9.47 Å². The third kappa shape index (κ3) is 5.61. The Labute approximate surface area is 134 Å². The van der Waals surface area contributed by atoms with Crippen LogP contribution in [-0.4, -0.2) is 26.4 Å². The van der Waals surface area contributed by atoms with Crippen LogP contribution in [0, 0.1) is 5.92 Å². The molecule has 0 saturated heterocycles. The molecule has 21 heavy (non-hydrogen) atoms. The predicted molar refractivity (Wildman–Crippen MR) is 90.1 cm³/mol. The molecule has 2 nitrogen and oxygen atoms in total. The lowest BCUT2D eigenvalue weighted by atomic mass is 9.75. The Morgan fingerprint density at radius 3 is 1.90 bits per heavy atom. The molecule has 0 saturated carbocycles. The summed E-state index contributed by atoms with van der Waals surface area (Å²) in [4.78, 5) is 0.